The van der Waals surface area contributed by atoms with Crippen molar-refractivity contribution in [2.45, 2.75) is 6.92 Å². The van der Waals surface area contributed by atoms with Crippen molar-refractivity contribution in [2.75, 3.05) is 6.61 Å². The van der Waals surface area contributed by atoms with Crippen LogP contribution >= 0.6 is 0 Å². The molecule has 0 aliphatic carbocycles. The van der Waals surface area contributed by atoms with Gasteiger partial charge in [-0.15, -0.1) is 0 Å². The van der Waals surface area contributed by atoms with Crippen molar-refractivity contribution in [1.82, 2.24) is 14.8 Å². The SMILES string of the molecule is CCOC(=O)/C=C/c1ncn(C)n1. The molecule has 0 aliphatic heterocycles. The maximum Gasteiger partial charge on any atom is 0.330 e. The molecule has 1 aromatic heterocycles. The van der Waals surface area contributed by atoms with E-state index in [-0.39, 0.29) is 5.97 Å². The van der Waals surface area contributed by atoms with E-state index in [9.17, 15) is 4.79 Å². The van der Waals surface area contributed by atoms with Gasteiger partial charge in [-0.05, 0) is 13.0 Å². The summed E-state index contributed by atoms with van der Waals surface area (Å²) >= 11 is 0. The minimum absolute atomic E-state index is 0.374. The predicted octanol–water partition coefficient (Wildman–Crippen LogP) is 0.391. The Kier molecular flexibility index (Phi) is 3.19. The highest BCUT2D eigenvalue weighted by atomic mass is 16.5. The molecule has 0 atom stereocenters. The molecule has 70 valence electrons. The minimum Gasteiger partial charge on any atom is -0.463 e. The predicted molar refractivity (Wildman–Crippen MR) is 46.7 cm³/mol. The van der Waals surface area contributed by atoms with Gasteiger partial charge in [0.15, 0.2) is 5.82 Å². The molecule has 0 aromatic carbocycles. The summed E-state index contributed by atoms with van der Waals surface area (Å²) in [4.78, 5) is 14.8. The fourth-order valence-corrected chi connectivity index (χ4v) is 0.765. The Balaban J connectivity index is 2.53. The Morgan fingerprint density at radius 1 is 1.77 bits per heavy atom. The van der Waals surface area contributed by atoms with E-state index in [0.717, 1.165) is 0 Å². The van der Waals surface area contributed by atoms with Crippen LogP contribution in [0.25, 0.3) is 6.08 Å². The summed E-state index contributed by atoms with van der Waals surface area (Å²) in [5.74, 6) is 0.116. The Morgan fingerprint density at radius 3 is 3.08 bits per heavy atom. The van der Waals surface area contributed by atoms with Gasteiger partial charge in [0, 0.05) is 13.1 Å². The van der Waals surface area contributed by atoms with Crippen LogP contribution in [-0.4, -0.2) is 27.3 Å². The average molecular weight is 181 g/mol. The van der Waals surface area contributed by atoms with Crippen molar-refractivity contribution in [3.05, 3.63) is 18.2 Å². The lowest BCUT2D eigenvalue weighted by Gasteiger charge is -1.92. The summed E-state index contributed by atoms with van der Waals surface area (Å²) in [6.45, 7) is 2.13. The summed E-state index contributed by atoms with van der Waals surface area (Å²) < 4.78 is 6.24. The highest BCUT2D eigenvalue weighted by Gasteiger charge is 1.96. The van der Waals surface area contributed by atoms with Crippen molar-refractivity contribution in [3.8, 4) is 0 Å². The van der Waals surface area contributed by atoms with Gasteiger partial charge in [-0.2, -0.15) is 5.10 Å². The maximum absolute atomic E-state index is 10.9. The Hall–Kier alpha value is -1.65. The maximum atomic E-state index is 10.9. The van der Waals surface area contributed by atoms with E-state index in [0.29, 0.717) is 12.4 Å². The summed E-state index contributed by atoms with van der Waals surface area (Å²) in [5, 5.41) is 3.95. The number of rotatable bonds is 3. The lowest BCUT2D eigenvalue weighted by atomic mass is 10.5. The molecule has 1 heterocycles. The zero-order valence-corrected chi connectivity index (χ0v) is 7.60. The lowest BCUT2D eigenvalue weighted by molar-refractivity contribution is -0.137. The van der Waals surface area contributed by atoms with Crippen LogP contribution in [0.1, 0.15) is 12.7 Å². The topological polar surface area (TPSA) is 57.0 Å². The highest BCUT2D eigenvalue weighted by molar-refractivity contribution is 5.86. The number of esters is 1. The molecular formula is C8H11N3O2. The number of aromatic nitrogens is 3. The number of hydrogen-bond acceptors (Lipinski definition) is 4. The van der Waals surface area contributed by atoms with Crippen LogP contribution in [-0.2, 0) is 16.6 Å². The van der Waals surface area contributed by atoms with Gasteiger partial charge in [-0.25, -0.2) is 9.78 Å². The first-order valence-electron chi connectivity index (χ1n) is 3.93. The van der Waals surface area contributed by atoms with Crippen molar-refractivity contribution in [1.29, 1.82) is 0 Å². The second-order valence-electron chi connectivity index (χ2n) is 2.36. The van der Waals surface area contributed by atoms with Gasteiger partial charge in [0.25, 0.3) is 0 Å². The fourth-order valence-electron chi connectivity index (χ4n) is 0.765. The molecule has 0 saturated heterocycles. The lowest BCUT2D eigenvalue weighted by Crippen LogP contribution is -1.98. The first-order chi connectivity index (χ1) is 6.22. The molecular weight excluding hydrogens is 170 g/mol. The van der Waals surface area contributed by atoms with Crippen LogP contribution in [0.5, 0.6) is 0 Å². The van der Waals surface area contributed by atoms with E-state index in [1.807, 2.05) is 0 Å². The molecule has 13 heavy (non-hydrogen) atoms. The molecule has 5 nitrogen and oxygen atoms in total. The number of nitrogens with zero attached hydrogens (tertiary/aromatic N) is 3. The molecule has 0 spiro atoms. The Morgan fingerprint density at radius 2 is 2.54 bits per heavy atom. The zero-order chi connectivity index (χ0) is 9.68. The second kappa shape index (κ2) is 4.39. The van der Waals surface area contributed by atoms with Crippen LogP contribution in [0.3, 0.4) is 0 Å². The van der Waals surface area contributed by atoms with Crippen LogP contribution in [0.4, 0.5) is 0 Å². The summed E-state index contributed by atoms with van der Waals surface area (Å²) in [6.07, 6.45) is 4.38. The van der Waals surface area contributed by atoms with Crippen molar-refractivity contribution >= 4 is 12.0 Å². The van der Waals surface area contributed by atoms with Gasteiger partial charge in [0.1, 0.15) is 6.33 Å². The minimum atomic E-state index is -0.380. The average Bonchev–Trinajstić information content (AvgIpc) is 2.49. The van der Waals surface area contributed by atoms with Gasteiger partial charge in [0.05, 0.1) is 6.61 Å². The largest absolute Gasteiger partial charge is 0.463 e. The molecule has 5 heteroatoms. The third-order valence-electron chi connectivity index (χ3n) is 1.27. The van der Waals surface area contributed by atoms with E-state index in [2.05, 4.69) is 14.8 Å². The molecule has 1 rings (SSSR count). The standard InChI is InChI=1S/C8H11N3O2/c1-3-13-8(12)5-4-7-9-6-11(2)10-7/h4-6H,3H2,1-2H3/b5-4+. The number of ether oxygens (including phenoxy) is 1. The molecule has 0 fully saturated rings. The van der Waals surface area contributed by atoms with Gasteiger partial charge in [-0.3, -0.25) is 4.68 Å². The van der Waals surface area contributed by atoms with Gasteiger partial charge in [0.2, 0.25) is 0 Å². The zero-order valence-electron chi connectivity index (χ0n) is 7.60. The Labute approximate surface area is 76.0 Å². The molecule has 0 aliphatic rings. The monoisotopic (exact) mass is 181 g/mol. The molecule has 0 unspecified atom stereocenters. The van der Waals surface area contributed by atoms with Crippen molar-refractivity contribution < 1.29 is 9.53 Å². The number of carbonyl (C=O) groups is 1. The van der Waals surface area contributed by atoms with Gasteiger partial charge in [-0.1, -0.05) is 0 Å². The third kappa shape index (κ3) is 3.06. The van der Waals surface area contributed by atoms with E-state index in [4.69, 9.17) is 0 Å². The van der Waals surface area contributed by atoms with Crippen LogP contribution in [0.15, 0.2) is 12.4 Å². The molecule has 0 N–H and O–H groups in total. The molecule has 0 bridgehead atoms. The third-order valence-corrected chi connectivity index (χ3v) is 1.27. The van der Waals surface area contributed by atoms with E-state index in [1.165, 1.54) is 12.2 Å². The fraction of sp³-hybridized carbons (Fsp3) is 0.375. The number of aryl methyl sites for hydroxylation is 1. The van der Waals surface area contributed by atoms with Crippen LogP contribution < -0.4 is 0 Å². The molecule has 0 saturated carbocycles. The first-order valence-corrected chi connectivity index (χ1v) is 3.93. The second-order valence-corrected chi connectivity index (χ2v) is 2.36. The Bertz CT molecular complexity index is 317. The number of hydrogen-bond donors (Lipinski definition) is 0. The molecule has 0 amide bonds. The summed E-state index contributed by atoms with van der Waals surface area (Å²) in [5.41, 5.74) is 0. The highest BCUT2D eigenvalue weighted by Crippen LogP contribution is 1.92. The van der Waals surface area contributed by atoms with E-state index >= 15 is 0 Å². The van der Waals surface area contributed by atoms with Crippen molar-refractivity contribution in [2.24, 2.45) is 7.05 Å². The normalized spacial score (nSPS) is 10.6. The quantitative estimate of drug-likeness (QED) is 0.500. The van der Waals surface area contributed by atoms with Crippen LogP contribution in [0, 0.1) is 0 Å². The smallest absolute Gasteiger partial charge is 0.330 e. The summed E-state index contributed by atoms with van der Waals surface area (Å²) in [6, 6.07) is 0. The van der Waals surface area contributed by atoms with E-state index < -0.39 is 0 Å². The summed E-state index contributed by atoms with van der Waals surface area (Å²) in [7, 11) is 1.76. The van der Waals surface area contributed by atoms with Gasteiger partial charge < -0.3 is 4.74 Å². The van der Waals surface area contributed by atoms with Crippen molar-refractivity contribution in [3.63, 3.8) is 0 Å². The van der Waals surface area contributed by atoms with Crippen LogP contribution in [0.2, 0.25) is 0 Å². The number of carbonyl (C=O) groups excluding carboxylic acids is 1. The molecule has 1 aromatic rings. The van der Waals surface area contributed by atoms with E-state index in [1.54, 1.807) is 25.0 Å². The molecule has 0 radical (unpaired) electrons. The first kappa shape index (κ1) is 9.44. The van der Waals surface area contributed by atoms with Gasteiger partial charge >= 0.3 is 5.97 Å².